The molecule has 11 atom stereocenters. The Bertz CT molecular complexity index is 2250. The van der Waals surface area contributed by atoms with Gasteiger partial charge in [-0.1, -0.05) is 72.4 Å². The molecule has 4 aromatic carbocycles. The van der Waals surface area contributed by atoms with E-state index in [0.717, 1.165) is 38.9 Å². The zero-order chi connectivity index (χ0) is 38.4. The van der Waals surface area contributed by atoms with Crippen molar-refractivity contribution < 1.29 is 63.5 Å². The number of rotatable bonds is 10. The van der Waals surface area contributed by atoms with Crippen molar-refractivity contribution in [3.05, 3.63) is 100 Å². The maximum atomic E-state index is 13.0. The first-order chi connectivity index (χ1) is 26.6. The Kier molecular flexibility index (Phi) is 11.0. The summed E-state index contributed by atoms with van der Waals surface area (Å²) in [6.07, 6.45) is -11.1. The Labute approximate surface area is 317 Å². The fourth-order valence-corrected chi connectivity index (χ4v) is 8.86. The number of carbonyl (C=O) groups is 1. The summed E-state index contributed by atoms with van der Waals surface area (Å²) in [4.78, 5) is 25.9. The molecule has 3 aliphatic rings. The molecule has 1 unspecified atom stereocenters. The molecule has 8 rings (SSSR count). The lowest BCUT2D eigenvalue weighted by Crippen LogP contribution is -2.62. The van der Waals surface area contributed by atoms with Crippen LogP contribution < -0.4 is 10.4 Å². The normalized spacial score (nSPS) is 31.1. The highest BCUT2D eigenvalue weighted by atomic mass is 32.2. The van der Waals surface area contributed by atoms with Crippen LogP contribution in [0.25, 0.3) is 32.5 Å². The van der Waals surface area contributed by atoms with Gasteiger partial charge in [-0.3, -0.25) is 4.79 Å². The number of carbonyl (C=O) groups excluding carboxylic acids is 1. The van der Waals surface area contributed by atoms with Gasteiger partial charge in [0.05, 0.1) is 37.9 Å². The van der Waals surface area contributed by atoms with E-state index in [9.17, 15) is 40.2 Å². The second-order valence-electron chi connectivity index (χ2n) is 14.0. The standard InChI is InChI=1S/C40H40O14S/c41-15-29-31(43)35(49-17-21-13-25-23-7-3-1-5-19(23)9-11-27(25)51-37(21)47)33(45)39(53-29)55-40-34(46)36(32(44)30(16-42)54-40)50-18-22-14-26-24-8-4-2-6-20(24)10-12-28(26)52-38(22)48/h1-13,22,29-36,39-46H,14-18H2/t22?,29-,30-,31+,32+,33-,34-,35+,36+,39+,40+/m1/s1. The number of ether oxygens (including phenoxy) is 5. The van der Waals surface area contributed by atoms with Crippen molar-refractivity contribution in [1.82, 2.24) is 0 Å². The van der Waals surface area contributed by atoms with Crippen LogP contribution in [-0.4, -0.2) is 116 Å². The zero-order valence-electron chi connectivity index (χ0n) is 29.2. The number of esters is 1. The molecule has 6 N–H and O–H groups in total. The highest BCUT2D eigenvalue weighted by Crippen LogP contribution is 2.39. The minimum atomic E-state index is -1.59. The second kappa shape index (κ2) is 15.9. The Morgan fingerprint density at radius 1 is 0.691 bits per heavy atom. The predicted molar refractivity (Wildman–Crippen MR) is 198 cm³/mol. The third kappa shape index (κ3) is 7.27. The zero-order valence-corrected chi connectivity index (χ0v) is 30.1. The summed E-state index contributed by atoms with van der Waals surface area (Å²) in [5, 5.41) is 69.5. The smallest absolute Gasteiger partial charge is 0.341 e. The molecule has 0 aliphatic carbocycles. The SMILES string of the molecule is O=C1Oc2ccc3ccccc3c2CC1CO[C@H]1[C@@H](O)[C@@H](CO)O[C@@H](S[C@@H]2O[C@H](CO)[C@H](O)[C@H](OCc3cc4c(ccc5ccccc54)oc3=O)[C@H]2O)[C@@H]1O. The molecule has 55 heavy (non-hydrogen) atoms. The second-order valence-corrected chi connectivity index (χ2v) is 15.2. The van der Waals surface area contributed by atoms with E-state index in [1.54, 1.807) is 18.2 Å². The van der Waals surface area contributed by atoms with Gasteiger partial charge in [-0.05, 0) is 46.2 Å². The quantitative estimate of drug-likeness (QED) is 0.0516. The largest absolute Gasteiger partial charge is 0.426 e. The van der Waals surface area contributed by atoms with Crippen molar-refractivity contribution in [1.29, 1.82) is 0 Å². The molecule has 14 nitrogen and oxygen atoms in total. The molecule has 0 spiro atoms. The monoisotopic (exact) mass is 776 g/mol. The van der Waals surface area contributed by atoms with Gasteiger partial charge in [-0.15, -0.1) is 0 Å². The van der Waals surface area contributed by atoms with Gasteiger partial charge in [-0.2, -0.15) is 0 Å². The summed E-state index contributed by atoms with van der Waals surface area (Å²) in [6.45, 7) is -1.91. The van der Waals surface area contributed by atoms with Gasteiger partial charge in [0.1, 0.15) is 71.0 Å². The number of hydrogen-bond acceptors (Lipinski definition) is 15. The third-order valence-corrected chi connectivity index (χ3v) is 11.9. The van der Waals surface area contributed by atoms with Crippen molar-refractivity contribution in [2.75, 3.05) is 19.8 Å². The van der Waals surface area contributed by atoms with Gasteiger partial charge in [-0.25, -0.2) is 4.79 Å². The lowest BCUT2D eigenvalue weighted by Gasteiger charge is -2.46. The van der Waals surface area contributed by atoms with Crippen LogP contribution in [-0.2, 0) is 36.8 Å². The molecule has 0 amide bonds. The average Bonchev–Trinajstić information content (AvgIpc) is 3.19. The lowest BCUT2D eigenvalue weighted by molar-refractivity contribution is -0.231. The van der Waals surface area contributed by atoms with Gasteiger partial charge >= 0.3 is 11.6 Å². The van der Waals surface area contributed by atoms with E-state index in [2.05, 4.69) is 0 Å². The molecule has 3 aliphatic heterocycles. The van der Waals surface area contributed by atoms with E-state index < -0.39 is 90.4 Å². The van der Waals surface area contributed by atoms with E-state index in [-0.39, 0.29) is 18.8 Å². The van der Waals surface area contributed by atoms with Crippen molar-refractivity contribution >= 4 is 50.2 Å². The van der Waals surface area contributed by atoms with Crippen molar-refractivity contribution in [2.24, 2.45) is 5.92 Å². The van der Waals surface area contributed by atoms with Gasteiger partial charge in [0.15, 0.2) is 0 Å². The first-order valence-electron chi connectivity index (χ1n) is 18.0. The number of hydrogen-bond donors (Lipinski definition) is 6. The molecule has 0 radical (unpaired) electrons. The predicted octanol–water partition coefficient (Wildman–Crippen LogP) is 1.76. The maximum Gasteiger partial charge on any atom is 0.341 e. The number of aliphatic hydroxyl groups is 6. The van der Waals surface area contributed by atoms with Crippen molar-refractivity contribution in [3.63, 3.8) is 0 Å². The number of fused-ring (bicyclic) bond motifs is 6. The highest BCUT2D eigenvalue weighted by molar-refractivity contribution is 8.00. The molecule has 2 fully saturated rings. The summed E-state index contributed by atoms with van der Waals surface area (Å²) in [7, 11) is 0. The minimum absolute atomic E-state index is 0.129. The Morgan fingerprint density at radius 2 is 1.29 bits per heavy atom. The van der Waals surface area contributed by atoms with E-state index in [4.69, 9.17) is 28.1 Å². The van der Waals surface area contributed by atoms with Crippen LogP contribution in [0.5, 0.6) is 5.75 Å². The van der Waals surface area contributed by atoms with E-state index in [0.29, 0.717) is 23.1 Å². The number of thioether (sulfide) groups is 1. The molecule has 5 aromatic rings. The van der Waals surface area contributed by atoms with Gasteiger partial charge in [0.2, 0.25) is 0 Å². The first kappa shape index (κ1) is 37.9. The van der Waals surface area contributed by atoms with Crippen molar-refractivity contribution in [3.8, 4) is 5.75 Å². The molecule has 1 aromatic heterocycles. The molecule has 0 bridgehead atoms. The number of benzene rings is 4. The average molecular weight is 777 g/mol. The maximum absolute atomic E-state index is 13.0. The number of aliphatic hydroxyl groups excluding tert-OH is 6. The lowest BCUT2D eigenvalue weighted by atomic mass is 9.92. The van der Waals surface area contributed by atoms with Crippen molar-refractivity contribution in [2.45, 2.75) is 72.7 Å². The van der Waals surface area contributed by atoms with E-state index in [1.807, 2.05) is 60.7 Å². The Hall–Kier alpha value is -3.97. The van der Waals surface area contributed by atoms with Crippen LogP contribution in [0.4, 0.5) is 0 Å². The molecule has 2 saturated heterocycles. The molecular weight excluding hydrogens is 736 g/mol. The van der Waals surface area contributed by atoms with Crippen LogP contribution >= 0.6 is 11.8 Å². The van der Waals surface area contributed by atoms with Crippen LogP contribution in [0.2, 0.25) is 0 Å². The molecule has 15 heteroatoms. The summed E-state index contributed by atoms with van der Waals surface area (Å²) >= 11 is 0.769. The minimum Gasteiger partial charge on any atom is -0.426 e. The molecular formula is C40H40O14S. The fourth-order valence-electron chi connectivity index (χ4n) is 7.55. The highest BCUT2D eigenvalue weighted by Gasteiger charge is 2.51. The fraction of sp³-hybridized carbons (Fsp3) is 0.400. The van der Waals surface area contributed by atoms with Gasteiger partial charge in [0.25, 0.3) is 0 Å². The third-order valence-electron chi connectivity index (χ3n) is 10.5. The summed E-state index contributed by atoms with van der Waals surface area (Å²) in [5.74, 6) is -0.843. The summed E-state index contributed by atoms with van der Waals surface area (Å²) < 4.78 is 34.8. The summed E-state index contributed by atoms with van der Waals surface area (Å²) in [5.41, 5.74) is -1.88. The first-order valence-corrected chi connectivity index (χ1v) is 18.9. The van der Waals surface area contributed by atoms with E-state index >= 15 is 0 Å². The van der Waals surface area contributed by atoms with Crippen LogP contribution in [0.3, 0.4) is 0 Å². The molecule has 0 saturated carbocycles. The topological polar surface area (TPSA) is 215 Å². The van der Waals surface area contributed by atoms with Gasteiger partial charge in [0, 0.05) is 10.9 Å². The Balaban J connectivity index is 0.971. The van der Waals surface area contributed by atoms with Crippen LogP contribution in [0, 0.1) is 5.92 Å². The van der Waals surface area contributed by atoms with Gasteiger partial charge < -0.3 is 58.7 Å². The molecule has 290 valence electrons. The summed E-state index contributed by atoms with van der Waals surface area (Å²) in [6, 6.07) is 24.1. The van der Waals surface area contributed by atoms with Crippen LogP contribution in [0.1, 0.15) is 11.1 Å². The Morgan fingerprint density at radius 3 is 1.96 bits per heavy atom. The van der Waals surface area contributed by atoms with Crippen LogP contribution in [0.15, 0.2) is 88.1 Å². The van der Waals surface area contributed by atoms with E-state index in [1.165, 1.54) is 0 Å². The molecule has 4 heterocycles.